The molecule has 1 N–H and O–H groups in total. The van der Waals surface area contributed by atoms with Crippen LogP contribution in [0.1, 0.15) is 25.6 Å². The highest BCUT2D eigenvalue weighted by Crippen LogP contribution is 2.28. The standard InChI is InChI=1S/C20H15ClN2O4S/c1-26-17-11-13(8-9-16(17)27-20(25)18-7-4-10-28-18)12-22-23-19(24)14-5-2-3-6-15(14)21/h2-12H,1H3,(H,23,24). The first-order valence-electron chi connectivity index (χ1n) is 8.10. The summed E-state index contributed by atoms with van der Waals surface area (Å²) in [6.45, 7) is 0. The van der Waals surface area contributed by atoms with Crippen molar-refractivity contribution in [2.45, 2.75) is 0 Å². The van der Waals surface area contributed by atoms with Gasteiger partial charge in [-0.25, -0.2) is 10.2 Å². The monoisotopic (exact) mass is 414 g/mol. The summed E-state index contributed by atoms with van der Waals surface area (Å²) in [4.78, 5) is 24.7. The molecular formula is C20H15ClN2O4S. The van der Waals surface area contributed by atoms with Crippen LogP contribution in [0.15, 0.2) is 65.1 Å². The summed E-state index contributed by atoms with van der Waals surface area (Å²) in [6, 6.07) is 15.1. The van der Waals surface area contributed by atoms with Gasteiger partial charge in [-0.15, -0.1) is 11.3 Å². The minimum absolute atomic E-state index is 0.290. The summed E-state index contributed by atoms with van der Waals surface area (Å²) < 4.78 is 10.6. The van der Waals surface area contributed by atoms with Crippen molar-refractivity contribution in [3.63, 3.8) is 0 Å². The van der Waals surface area contributed by atoms with Crippen molar-refractivity contribution in [1.82, 2.24) is 5.43 Å². The second kappa shape index (κ2) is 9.16. The SMILES string of the molecule is COc1cc(C=NNC(=O)c2ccccc2Cl)ccc1OC(=O)c1cccs1. The van der Waals surface area contributed by atoms with Gasteiger partial charge >= 0.3 is 5.97 Å². The first kappa shape index (κ1) is 19.6. The highest BCUT2D eigenvalue weighted by atomic mass is 35.5. The number of benzene rings is 2. The third-order valence-electron chi connectivity index (χ3n) is 3.61. The van der Waals surface area contributed by atoms with Gasteiger partial charge in [0.05, 0.1) is 23.9 Å². The maximum atomic E-state index is 12.1. The van der Waals surface area contributed by atoms with Crippen LogP contribution in [0.5, 0.6) is 11.5 Å². The van der Waals surface area contributed by atoms with E-state index in [9.17, 15) is 9.59 Å². The molecule has 0 aliphatic heterocycles. The van der Waals surface area contributed by atoms with E-state index in [2.05, 4.69) is 10.5 Å². The summed E-state index contributed by atoms with van der Waals surface area (Å²) in [5.41, 5.74) is 3.39. The second-order valence-corrected chi connectivity index (χ2v) is 6.81. The fourth-order valence-corrected chi connectivity index (χ4v) is 3.09. The van der Waals surface area contributed by atoms with Crippen LogP contribution in [0, 0.1) is 0 Å². The highest BCUT2D eigenvalue weighted by molar-refractivity contribution is 7.12. The zero-order valence-electron chi connectivity index (χ0n) is 14.7. The molecule has 0 radical (unpaired) electrons. The van der Waals surface area contributed by atoms with Gasteiger partial charge in [0, 0.05) is 0 Å². The lowest BCUT2D eigenvalue weighted by Gasteiger charge is -2.09. The van der Waals surface area contributed by atoms with E-state index in [1.165, 1.54) is 24.7 Å². The Hall–Kier alpha value is -3.16. The largest absolute Gasteiger partial charge is 0.493 e. The first-order valence-corrected chi connectivity index (χ1v) is 9.36. The molecule has 0 aliphatic rings. The van der Waals surface area contributed by atoms with E-state index in [1.807, 2.05) is 0 Å². The number of carbonyl (C=O) groups is 2. The van der Waals surface area contributed by atoms with Crippen molar-refractivity contribution in [3.8, 4) is 11.5 Å². The van der Waals surface area contributed by atoms with Crippen LogP contribution in [-0.2, 0) is 0 Å². The minimum atomic E-state index is -0.457. The lowest BCUT2D eigenvalue weighted by atomic mass is 10.2. The normalized spacial score (nSPS) is 10.6. The molecule has 8 heteroatoms. The molecule has 6 nitrogen and oxygen atoms in total. The van der Waals surface area contributed by atoms with Gasteiger partial charge in [-0.3, -0.25) is 4.79 Å². The Labute approximate surface area is 170 Å². The van der Waals surface area contributed by atoms with Crippen molar-refractivity contribution >= 4 is 41.0 Å². The van der Waals surface area contributed by atoms with Crippen molar-refractivity contribution in [2.75, 3.05) is 7.11 Å². The van der Waals surface area contributed by atoms with Crippen LogP contribution in [0.25, 0.3) is 0 Å². The third-order valence-corrected chi connectivity index (χ3v) is 4.79. The van der Waals surface area contributed by atoms with Crippen molar-refractivity contribution < 1.29 is 19.1 Å². The molecule has 0 atom stereocenters. The van der Waals surface area contributed by atoms with Crippen LogP contribution in [-0.4, -0.2) is 25.2 Å². The number of hydrogen-bond donors (Lipinski definition) is 1. The average molecular weight is 415 g/mol. The summed E-state index contributed by atoms with van der Waals surface area (Å²) in [7, 11) is 1.47. The van der Waals surface area contributed by atoms with Gasteiger partial charge in [0.25, 0.3) is 5.91 Å². The van der Waals surface area contributed by atoms with E-state index < -0.39 is 11.9 Å². The van der Waals surface area contributed by atoms with Crippen molar-refractivity contribution in [1.29, 1.82) is 0 Å². The van der Waals surface area contributed by atoms with Gasteiger partial charge in [-0.2, -0.15) is 5.10 Å². The van der Waals surface area contributed by atoms with Gasteiger partial charge in [-0.05, 0) is 47.3 Å². The molecule has 3 aromatic rings. The van der Waals surface area contributed by atoms with Crippen LogP contribution in [0.2, 0.25) is 5.02 Å². The first-order chi connectivity index (χ1) is 13.6. The third kappa shape index (κ3) is 4.76. The van der Waals surface area contributed by atoms with E-state index in [-0.39, 0.29) is 5.75 Å². The number of hydrazone groups is 1. The molecule has 1 aromatic heterocycles. The van der Waals surface area contributed by atoms with Gasteiger partial charge in [0.15, 0.2) is 11.5 Å². The molecule has 28 heavy (non-hydrogen) atoms. The molecule has 1 heterocycles. The lowest BCUT2D eigenvalue weighted by molar-refractivity contribution is 0.0734. The topological polar surface area (TPSA) is 77.0 Å². The number of hydrogen-bond acceptors (Lipinski definition) is 6. The number of nitrogens with one attached hydrogen (secondary N) is 1. The Balaban J connectivity index is 1.68. The quantitative estimate of drug-likeness (QED) is 0.281. The number of esters is 1. The molecular weight excluding hydrogens is 400 g/mol. The fourth-order valence-electron chi connectivity index (χ4n) is 2.26. The smallest absolute Gasteiger partial charge is 0.353 e. The van der Waals surface area contributed by atoms with Crippen LogP contribution in [0.4, 0.5) is 0 Å². The summed E-state index contributed by atoms with van der Waals surface area (Å²) in [6.07, 6.45) is 1.45. The molecule has 0 fully saturated rings. The number of amides is 1. The summed E-state index contributed by atoms with van der Waals surface area (Å²) in [5, 5.41) is 6.06. The van der Waals surface area contributed by atoms with Gasteiger partial charge < -0.3 is 9.47 Å². The predicted molar refractivity (Wildman–Crippen MR) is 109 cm³/mol. The average Bonchev–Trinajstić information content (AvgIpc) is 3.24. The summed E-state index contributed by atoms with van der Waals surface area (Å²) in [5.74, 6) is -0.221. The highest BCUT2D eigenvalue weighted by Gasteiger charge is 2.13. The Morgan fingerprint density at radius 1 is 1.11 bits per heavy atom. The number of rotatable bonds is 6. The van der Waals surface area contributed by atoms with E-state index in [1.54, 1.807) is 60.0 Å². The molecule has 0 saturated heterocycles. The number of ether oxygens (including phenoxy) is 2. The molecule has 2 aromatic carbocycles. The molecule has 0 saturated carbocycles. The second-order valence-electron chi connectivity index (χ2n) is 5.46. The zero-order chi connectivity index (χ0) is 19.9. The van der Waals surface area contributed by atoms with E-state index >= 15 is 0 Å². The van der Waals surface area contributed by atoms with Gasteiger partial charge in [-0.1, -0.05) is 29.8 Å². The fraction of sp³-hybridized carbons (Fsp3) is 0.0500. The Kier molecular flexibility index (Phi) is 6.41. The molecule has 0 aliphatic carbocycles. The number of thiophene rings is 1. The lowest BCUT2D eigenvalue weighted by Crippen LogP contribution is -2.17. The maximum absolute atomic E-state index is 12.1. The molecule has 3 rings (SSSR count). The Morgan fingerprint density at radius 3 is 2.64 bits per heavy atom. The maximum Gasteiger partial charge on any atom is 0.353 e. The number of methoxy groups -OCH3 is 1. The van der Waals surface area contributed by atoms with E-state index in [0.29, 0.717) is 26.8 Å². The molecule has 142 valence electrons. The molecule has 1 amide bonds. The van der Waals surface area contributed by atoms with Crippen molar-refractivity contribution in [2.24, 2.45) is 5.10 Å². The number of nitrogens with zero attached hydrogens (tertiary/aromatic N) is 1. The minimum Gasteiger partial charge on any atom is -0.493 e. The predicted octanol–water partition coefficient (Wildman–Crippen LogP) is 4.39. The Bertz CT molecular complexity index is 1020. The van der Waals surface area contributed by atoms with E-state index in [0.717, 1.165) is 0 Å². The Morgan fingerprint density at radius 2 is 1.93 bits per heavy atom. The van der Waals surface area contributed by atoms with Crippen LogP contribution in [0.3, 0.4) is 0 Å². The molecule has 0 bridgehead atoms. The zero-order valence-corrected chi connectivity index (χ0v) is 16.3. The van der Waals surface area contributed by atoms with Gasteiger partial charge in [0.1, 0.15) is 4.88 Å². The molecule has 0 spiro atoms. The van der Waals surface area contributed by atoms with Crippen LogP contribution < -0.4 is 14.9 Å². The van der Waals surface area contributed by atoms with Crippen molar-refractivity contribution in [3.05, 3.63) is 81.0 Å². The molecule has 0 unspecified atom stereocenters. The number of halogens is 1. The number of carbonyl (C=O) groups excluding carboxylic acids is 2. The summed E-state index contributed by atoms with van der Waals surface area (Å²) >= 11 is 7.27. The van der Waals surface area contributed by atoms with Gasteiger partial charge in [0.2, 0.25) is 0 Å². The van der Waals surface area contributed by atoms with E-state index in [4.69, 9.17) is 21.1 Å². The van der Waals surface area contributed by atoms with Crippen LogP contribution >= 0.6 is 22.9 Å².